The smallest absolute Gasteiger partial charge is 0.126 e. The standard InChI is InChI=1S/C20H24F2O2/c1-13(2)17-7-5-15(21)11-20(17)24-10-9-23-16-6-8-19(22)18(12-16)14(3)4/h5-8,11-14H,9-10H2,1-4H3. The highest BCUT2D eigenvalue weighted by Crippen LogP contribution is 2.27. The number of rotatable bonds is 7. The van der Waals surface area contributed by atoms with Gasteiger partial charge in [0.1, 0.15) is 36.3 Å². The van der Waals surface area contributed by atoms with Crippen molar-refractivity contribution in [2.75, 3.05) is 13.2 Å². The summed E-state index contributed by atoms with van der Waals surface area (Å²) in [6.07, 6.45) is 0. The molecular formula is C20H24F2O2. The molecule has 2 rings (SSSR count). The van der Waals surface area contributed by atoms with E-state index >= 15 is 0 Å². The third-order valence-corrected chi connectivity index (χ3v) is 3.80. The van der Waals surface area contributed by atoms with Crippen LogP contribution in [0.5, 0.6) is 11.5 Å². The summed E-state index contributed by atoms with van der Waals surface area (Å²) >= 11 is 0. The molecule has 0 radical (unpaired) electrons. The van der Waals surface area contributed by atoms with Crippen LogP contribution >= 0.6 is 0 Å². The molecule has 0 N–H and O–H groups in total. The Morgan fingerprint density at radius 2 is 1.46 bits per heavy atom. The molecule has 2 aromatic carbocycles. The van der Waals surface area contributed by atoms with E-state index in [1.165, 1.54) is 18.2 Å². The largest absolute Gasteiger partial charge is 0.490 e. The fourth-order valence-electron chi connectivity index (χ4n) is 2.48. The third kappa shape index (κ3) is 4.70. The molecule has 0 fully saturated rings. The van der Waals surface area contributed by atoms with Crippen molar-refractivity contribution in [3.05, 3.63) is 59.2 Å². The summed E-state index contributed by atoms with van der Waals surface area (Å²) in [5.41, 5.74) is 1.58. The molecule has 0 aliphatic carbocycles. The zero-order chi connectivity index (χ0) is 17.7. The minimum absolute atomic E-state index is 0.0886. The summed E-state index contributed by atoms with van der Waals surface area (Å²) in [5.74, 6) is 0.922. The third-order valence-electron chi connectivity index (χ3n) is 3.80. The van der Waals surface area contributed by atoms with Crippen molar-refractivity contribution in [3.8, 4) is 11.5 Å². The molecule has 2 aromatic rings. The molecule has 130 valence electrons. The Bertz CT molecular complexity index is 681. The van der Waals surface area contributed by atoms with E-state index in [0.717, 1.165) is 5.56 Å². The lowest BCUT2D eigenvalue weighted by Gasteiger charge is -2.15. The number of hydrogen-bond acceptors (Lipinski definition) is 2. The maximum atomic E-state index is 13.7. The maximum absolute atomic E-state index is 13.7. The van der Waals surface area contributed by atoms with E-state index in [1.807, 2.05) is 27.7 Å². The normalized spacial score (nSPS) is 11.2. The molecule has 0 saturated carbocycles. The fraction of sp³-hybridized carbons (Fsp3) is 0.400. The van der Waals surface area contributed by atoms with Crippen molar-refractivity contribution in [2.45, 2.75) is 39.5 Å². The van der Waals surface area contributed by atoms with E-state index in [1.54, 1.807) is 18.2 Å². The first kappa shape index (κ1) is 18.2. The van der Waals surface area contributed by atoms with Gasteiger partial charge in [-0.05, 0) is 47.2 Å². The number of hydrogen-bond donors (Lipinski definition) is 0. The van der Waals surface area contributed by atoms with E-state index in [2.05, 4.69) is 0 Å². The van der Waals surface area contributed by atoms with Crippen molar-refractivity contribution < 1.29 is 18.3 Å². The summed E-state index contributed by atoms with van der Waals surface area (Å²) in [7, 11) is 0. The lowest BCUT2D eigenvalue weighted by Crippen LogP contribution is -2.11. The van der Waals surface area contributed by atoms with Crippen molar-refractivity contribution in [1.82, 2.24) is 0 Å². The second-order valence-corrected chi connectivity index (χ2v) is 6.37. The van der Waals surface area contributed by atoms with Crippen LogP contribution in [0.3, 0.4) is 0 Å². The van der Waals surface area contributed by atoms with Gasteiger partial charge in [0.15, 0.2) is 0 Å². The van der Waals surface area contributed by atoms with Crippen LogP contribution in [-0.4, -0.2) is 13.2 Å². The molecule has 0 bridgehead atoms. The van der Waals surface area contributed by atoms with Gasteiger partial charge in [-0.25, -0.2) is 8.78 Å². The highest BCUT2D eigenvalue weighted by atomic mass is 19.1. The van der Waals surface area contributed by atoms with Gasteiger partial charge >= 0.3 is 0 Å². The molecule has 0 unspecified atom stereocenters. The fourth-order valence-corrected chi connectivity index (χ4v) is 2.48. The summed E-state index contributed by atoms with van der Waals surface area (Å²) < 4.78 is 38.4. The lowest BCUT2D eigenvalue weighted by molar-refractivity contribution is 0.214. The molecule has 0 saturated heterocycles. The Labute approximate surface area is 142 Å². The van der Waals surface area contributed by atoms with Crippen molar-refractivity contribution in [1.29, 1.82) is 0 Å². The van der Waals surface area contributed by atoms with E-state index in [9.17, 15) is 8.78 Å². The van der Waals surface area contributed by atoms with Gasteiger partial charge < -0.3 is 9.47 Å². The Morgan fingerprint density at radius 3 is 2.12 bits per heavy atom. The van der Waals surface area contributed by atoms with Gasteiger partial charge in [0.25, 0.3) is 0 Å². The van der Waals surface area contributed by atoms with Crippen LogP contribution in [0, 0.1) is 11.6 Å². The van der Waals surface area contributed by atoms with E-state index < -0.39 is 0 Å². The van der Waals surface area contributed by atoms with Crippen molar-refractivity contribution >= 4 is 0 Å². The molecule has 0 amide bonds. The molecule has 0 aromatic heterocycles. The quantitative estimate of drug-likeness (QED) is 0.607. The molecule has 0 atom stereocenters. The van der Waals surface area contributed by atoms with Crippen LogP contribution in [0.15, 0.2) is 36.4 Å². The number of halogens is 2. The molecule has 0 spiro atoms. The first-order valence-electron chi connectivity index (χ1n) is 8.23. The van der Waals surface area contributed by atoms with Crippen LogP contribution in [0.4, 0.5) is 8.78 Å². The Hall–Kier alpha value is -2.10. The van der Waals surface area contributed by atoms with Gasteiger partial charge in [-0.2, -0.15) is 0 Å². The van der Waals surface area contributed by atoms with Crippen LogP contribution in [0.2, 0.25) is 0 Å². The van der Waals surface area contributed by atoms with Gasteiger partial charge in [0.05, 0.1) is 0 Å². The molecule has 4 heteroatoms. The predicted octanol–water partition coefficient (Wildman–Crippen LogP) is 5.67. The molecule has 0 aliphatic rings. The Balaban J connectivity index is 1.94. The topological polar surface area (TPSA) is 18.5 Å². The minimum atomic E-state index is -0.324. The second kappa shape index (κ2) is 8.13. The summed E-state index contributed by atoms with van der Waals surface area (Å²) in [6, 6.07) is 9.29. The Kier molecular flexibility index (Phi) is 6.18. The highest BCUT2D eigenvalue weighted by Gasteiger charge is 2.10. The molecular weight excluding hydrogens is 310 g/mol. The molecule has 0 heterocycles. The summed E-state index contributed by atoms with van der Waals surface area (Å²) in [4.78, 5) is 0. The van der Waals surface area contributed by atoms with E-state index in [-0.39, 0.29) is 30.1 Å². The predicted molar refractivity (Wildman–Crippen MR) is 92.0 cm³/mol. The molecule has 2 nitrogen and oxygen atoms in total. The van der Waals surface area contributed by atoms with Crippen molar-refractivity contribution in [3.63, 3.8) is 0 Å². The zero-order valence-corrected chi connectivity index (χ0v) is 14.6. The zero-order valence-electron chi connectivity index (χ0n) is 14.6. The van der Waals surface area contributed by atoms with Gasteiger partial charge in [-0.3, -0.25) is 0 Å². The van der Waals surface area contributed by atoms with Gasteiger partial charge in [-0.1, -0.05) is 33.8 Å². The molecule has 24 heavy (non-hydrogen) atoms. The lowest BCUT2D eigenvalue weighted by atomic mass is 10.0. The maximum Gasteiger partial charge on any atom is 0.126 e. The SMILES string of the molecule is CC(C)c1cc(OCCOc2cc(F)ccc2C(C)C)ccc1F. The molecule has 0 aliphatic heterocycles. The van der Waals surface area contributed by atoms with Gasteiger partial charge in [0.2, 0.25) is 0 Å². The minimum Gasteiger partial charge on any atom is -0.490 e. The monoisotopic (exact) mass is 334 g/mol. The Morgan fingerprint density at radius 1 is 0.792 bits per heavy atom. The second-order valence-electron chi connectivity index (χ2n) is 6.37. The first-order valence-corrected chi connectivity index (χ1v) is 8.23. The van der Waals surface area contributed by atoms with E-state index in [4.69, 9.17) is 9.47 Å². The van der Waals surface area contributed by atoms with Crippen molar-refractivity contribution in [2.24, 2.45) is 0 Å². The first-order chi connectivity index (χ1) is 11.4. The summed E-state index contributed by atoms with van der Waals surface area (Å²) in [5, 5.41) is 0. The average molecular weight is 334 g/mol. The van der Waals surface area contributed by atoms with Crippen LogP contribution in [0.25, 0.3) is 0 Å². The van der Waals surface area contributed by atoms with E-state index in [0.29, 0.717) is 23.7 Å². The highest BCUT2D eigenvalue weighted by molar-refractivity contribution is 5.36. The van der Waals surface area contributed by atoms with Gasteiger partial charge in [-0.15, -0.1) is 0 Å². The van der Waals surface area contributed by atoms with Crippen LogP contribution < -0.4 is 9.47 Å². The summed E-state index contributed by atoms with van der Waals surface area (Å²) in [6.45, 7) is 8.52. The number of ether oxygens (including phenoxy) is 2. The van der Waals surface area contributed by atoms with Gasteiger partial charge in [0, 0.05) is 6.07 Å². The average Bonchev–Trinajstić information content (AvgIpc) is 2.52. The number of benzene rings is 2. The van der Waals surface area contributed by atoms with Crippen LogP contribution in [0.1, 0.15) is 50.7 Å². The van der Waals surface area contributed by atoms with Crippen LogP contribution in [-0.2, 0) is 0 Å².